The zero-order chi connectivity index (χ0) is 20.3. The fraction of sp³-hybridized carbons (Fsp3) is 0.190. The van der Waals surface area contributed by atoms with E-state index >= 15 is 0 Å². The number of aromatic amines is 1. The molecule has 0 aliphatic carbocycles. The van der Waals surface area contributed by atoms with Gasteiger partial charge in [-0.3, -0.25) is 9.59 Å². The Bertz CT molecular complexity index is 1050. The number of rotatable bonds is 6. The number of fused-ring (bicyclic) bond motifs is 1. The molecule has 0 spiro atoms. The second-order valence-corrected chi connectivity index (χ2v) is 6.31. The molecular weight excluding hydrogens is 360 g/mol. The minimum absolute atomic E-state index is 0.106. The van der Waals surface area contributed by atoms with Crippen LogP contribution in [0.15, 0.2) is 48.5 Å². The summed E-state index contributed by atoms with van der Waals surface area (Å²) in [4.78, 5) is 39.1. The average molecular weight is 380 g/mol. The number of Topliss-reactive ketones (excluding diaryl/α,β-unsaturated/α-hetero) is 1. The maximum atomic E-state index is 12.4. The predicted molar refractivity (Wildman–Crippen MR) is 105 cm³/mol. The van der Waals surface area contributed by atoms with Gasteiger partial charge in [0.25, 0.3) is 5.91 Å². The molecule has 7 nitrogen and oxygen atoms in total. The van der Waals surface area contributed by atoms with Crippen LogP contribution in [0.4, 0.5) is 5.69 Å². The number of carbonyl (C=O) groups is 3. The van der Waals surface area contributed by atoms with Gasteiger partial charge in [-0.1, -0.05) is 12.1 Å². The van der Waals surface area contributed by atoms with Crippen LogP contribution in [0, 0.1) is 0 Å². The monoisotopic (exact) mass is 380 g/mol. The Kier molecular flexibility index (Phi) is 5.44. The van der Waals surface area contributed by atoms with E-state index in [-0.39, 0.29) is 11.5 Å². The molecule has 1 aromatic heterocycles. The highest BCUT2D eigenvalue weighted by molar-refractivity contribution is 6.00. The Balaban J connectivity index is 1.67. The minimum atomic E-state index is -1.02. The summed E-state index contributed by atoms with van der Waals surface area (Å²) in [6.45, 7) is 2.93. The normalized spacial score (nSPS) is 11.7. The third kappa shape index (κ3) is 4.20. The molecule has 0 saturated carbocycles. The van der Waals surface area contributed by atoms with Gasteiger partial charge in [-0.2, -0.15) is 0 Å². The Morgan fingerprint density at radius 3 is 2.57 bits per heavy atom. The molecule has 1 amide bonds. The number of methoxy groups -OCH3 is 1. The summed E-state index contributed by atoms with van der Waals surface area (Å²) in [5.74, 6) is -0.581. The van der Waals surface area contributed by atoms with Gasteiger partial charge in [-0.15, -0.1) is 0 Å². The maximum Gasteiger partial charge on any atom is 0.355 e. The third-order valence-corrected chi connectivity index (χ3v) is 4.24. The van der Waals surface area contributed by atoms with Crippen molar-refractivity contribution in [1.29, 1.82) is 0 Å². The quantitative estimate of drug-likeness (QED) is 0.503. The van der Waals surface area contributed by atoms with E-state index in [4.69, 9.17) is 9.47 Å². The number of H-pyrrole nitrogens is 1. The highest BCUT2D eigenvalue weighted by atomic mass is 16.5. The molecule has 3 aromatic rings. The zero-order valence-electron chi connectivity index (χ0n) is 15.7. The SMILES string of the molecule is COc1ccc2cc(C(=O)OC(C)C(=O)Nc3cccc(C(C)=O)c3)[nH]c2c1. The summed E-state index contributed by atoms with van der Waals surface area (Å²) in [5.41, 5.74) is 1.90. The lowest BCUT2D eigenvalue weighted by molar-refractivity contribution is -0.123. The fourth-order valence-electron chi connectivity index (χ4n) is 2.68. The number of anilines is 1. The van der Waals surface area contributed by atoms with Crippen LogP contribution in [-0.2, 0) is 9.53 Å². The molecular formula is C21H20N2O5. The molecule has 1 unspecified atom stereocenters. The molecule has 0 saturated heterocycles. The second-order valence-electron chi connectivity index (χ2n) is 6.31. The number of nitrogens with one attached hydrogen (secondary N) is 2. The van der Waals surface area contributed by atoms with Crippen LogP contribution >= 0.6 is 0 Å². The standard InChI is InChI=1S/C21H20N2O5/c1-12(24)14-5-4-6-16(9-14)22-20(25)13(2)28-21(26)19-10-15-7-8-17(27-3)11-18(15)23-19/h4-11,13,23H,1-3H3,(H,22,25). The van der Waals surface area contributed by atoms with Gasteiger partial charge in [0, 0.05) is 28.2 Å². The van der Waals surface area contributed by atoms with E-state index in [0.29, 0.717) is 17.0 Å². The first-order valence-electron chi connectivity index (χ1n) is 8.67. The Morgan fingerprint density at radius 2 is 1.86 bits per heavy atom. The van der Waals surface area contributed by atoms with Gasteiger partial charge in [0.1, 0.15) is 11.4 Å². The third-order valence-electron chi connectivity index (χ3n) is 4.24. The summed E-state index contributed by atoms with van der Waals surface area (Å²) in [6, 6.07) is 13.6. The van der Waals surface area contributed by atoms with E-state index in [1.165, 1.54) is 13.8 Å². The first kappa shape index (κ1) is 19.2. The molecule has 2 N–H and O–H groups in total. The lowest BCUT2D eigenvalue weighted by Gasteiger charge is -2.13. The van der Waals surface area contributed by atoms with Crippen LogP contribution < -0.4 is 10.1 Å². The number of ketones is 1. The number of hydrogen-bond donors (Lipinski definition) is 2. The predicted octanol–water partition coefficient (Wildman–Crippen LogP) is 3.56. The van der Waals surface area contributed by atoms with E-state index in [9.17, 15) is 14.4 Å². The molecule has 0 bridgehead atoms. The molecule has 1 atom stereocenters. The number of hydrogen-bond acceptors (Lipinski definition) is 5. The summed E-state index contributed by atoms with van der Waals surface area (Å²) in [7, 11) is 1.56. The van der Waals surface area contributed by atoms with E-state index in [2.05, 4.69) is 10.3 Å². The lowest BCUT2D eigenvalue weighted by atomic mass is 10.1. The molecule has 1 heterocycles. The molecule has 2 aromatic carbocycles. The van der Waals surface area contributed by atoms with E-state index in [1.807, 2.05) is 6.07 Å². The molecule has 7 heteroatoms. The van der Waals surface area contributed by atoms with Crippen molar-refractivity contribution >= 4 is 34.3 Å². The number of ether oxygens (including phenoxy) is 2. The zero-order valence-corrected chi connectivity index (χ0v) is 15.7. The summed E-state index contributed by atoms with van der Waals surface area (Å²) in [5, 5.41) is 3.47. The highest BCUT2D eigenvalue weighted by Gasteiger charge is 2.20. The number of benzene rings is 2. The van der Waals surface area contributed by atoms with Crippen LogP contribution in [0.5, 0.6) is 5.75 Å². The van der Waals surface area contributed by atoms with Crippen molar-refractivity contribution in [2.24, 2.45) is 0 Å². The number of esters is 1. The number of aromatic nitrogens is 1. The summed E-state index contributed by atoms with van der Waals surface area (Å²) >= 11 is 0. The van der Waals surface area contributed by atoms with Crippen LogP contribution in [0.3, 0.4) is 0 Å². The molecule has 0 aliphatic heterocycles. The highest BCUT2D eigenvalue weighted by Crippen LogP contribution is 2.22. The van der Waals surface area contributed by atoms with Crippen molar-refractivity contribution in [3.05, 3.63) is 59.8 Å². The van der Waals surface area contributed by atoms with Crippen molar-refractivity contribution in [3.63, 3.8) is 0 Å². The van der Waals surface area contributed by atoms with Crippen molar-refractivity contribution < 1.29 is 23.9 Å². The lowest BCUT2D eigenvalue weighted by Crippen LogP contribution is -2.30. The van der Waals surface area contributed by atoms with Gasteiger partial charge in [0.2, 0.25) is 0 Å². The van der Waals surface area contributed by atoms with Gasteiger partial charge in [-0.05, 0) is 44.2 Å². The van der Waals surface area contributed by atoms with Crippen LogP contribution in [0.2, 0.25) is 0 Å². The smallest absolute Gasteiger partial charge is 0.355 e. The van der Waals surface area contributed by atoms with Gasteiger partial charge < -0.3 is 19.8 Å². The Hall–Kier alpha value is -3.61. The van der Waals surface area contributed by atoms with Crippen molar-refractivity contribution in [2.75, 3.05) is 12.4 Å². The van der Waals surface area contributed by atoms with Crippen LogP contribution in [-0.4, -0.2) is 35.9 Å². The summed E-state index contributed by atoms with van der Waals surface area (Å²) < 4.78 is 10.4. The number of carbonyl (C=O) groups excluding carboxylic acids is 3. The first-order valence-corrected chi connectivity index (χ1v) is 8.67. The minimum Gasteiger partial charge on any atom is -0.497 e. The summed E-state index contributed by atoms with van der Waals surface area (Å²) in [6.07, 6.45) is -1.02. The average Bonchev–Trinajstić information content (AvgIpc) is 3.11. The largest absolute Gasteiger partial charge is 0.497 e. The Morgan fingerprint density at radius 1 is 1.07 bits per heavy atom. The maximum absolute atomic E-state index is 12.4. The molecule has 3 rings (SSSR count). The fourth-order valence-corrected chi connectivity index (χ4v) is 2.68. The molecule has 144 valence electrons. The molecule has 28 heavy (non-hydrogen) atoms. The van der Waals surface area contributed by atoms with E-state index in [0.717, 1.165) is 10.9 Å². The Labute approximate surface area is 161 Å². The van der Waals surface area contributed by atoms with Crippen LogP contribution in [0.1, 0.15) is 34.7 Å². The van der Waals surface area contributed by atoms with Gasteiger partial charge in [-0.25, -0.2) is 4.79 Å². The van der Waals surface area contributed by atoms with Crippen LogP contribution in [0.25, 0.3) is 10.9 Å². The van der Waals surface area contributed by atoms with E-state index in [1.54, 1.807) is 49.6 Å². The molecule has 0 aliphatic rings. The van der Waals surface area contributed by atoms with Crippen molar-refractivity contribution in [2.45, 2.75) is 20.0 Å². The molecule has 0 fully saturated rings. The first-order chi connectivity index (χ1) is 13.4. The van der Waals surface area contributed by atoms with Gasteiger partial charge in [0.05, 0.1) is 7.11 Å². The van der Waals surface area contributed by atoms with Gasteiger partial charge in [0.15, 0.2) is 11.9 Å². The second kappa shape index (κ2) is 7.96. The van der Waals surface area contributed by atoms with Gasteiger partial charge >= 0.3 is 5.97 Å². The van der Waals surface area contributed by atoms with Crippen molar-refractivity contribution in [3.8, 4) is 5.75 Å². The molecule has 0 radical (unpaired) electrons. The topological polar surface area (TPSA) is 97.5 Å². The van der Waals surface area contributed by atoms with Crippen molar-refractivity contribution in [1.82, 2.24) is 4.98 Å². The van der Waals surface area contributed by atoms with E-state index < -0.39 is 18.0 Å². The number of amides is 1.